The molecule has 0 aromatic carbocycles. The zero-order valence-electron chi connectivity index (χ0n) is 17.7. The lowest BCUT2D eigenvalue weighted by Crippen LogP contribution is -2.44. The lowest BCUT2D eigenvalue weighted by molar-refractivity contribution is -0.140. The Kier molecular flexibility index (Phi) is 6.13. The highest BCUT2D eigenvalue weighted by molar-refractivity contribution is 5.80. The summed E-state index contributed by atoms with van der Waals surface area (Å²) in [5.41, 5.74) is 2.90. The highest BCUT2D eigenvalue weighted by atomic mass is 16.3. The van der Waals surface area contributed by atoms with Gasteiger partial charge < -0.3 is 15.3 Å². The molecule has 2 heterocycles. The second kappa shape index (κ2) is 8.95. The standard InChI is InChI=1S/C22H30N6O2/c1-27-13-18(12-24-27)25-22-23-8-7-20(26-22)16-5-3-4-6-19(11-16)28(2)21(30)17-9-15(10-17)14-29/h7-8,11-13,15,17,19,29H,3-6,9-10,14H2,1-2H3,(H,23,25,26). The van der Waals surface area contributed by atoms with Crippen LogP contribution >= 0.6 is 0 Å². The number of anilines is 2. The monoisotopic (exact) mass is 410 g/mol. The number of carbonyl (C=O) groups excluding carboxylic acids is 1. The van der Waals surface area contributed by atoms with Gasteiger partial charge in [0.2, 0.25) is 11.9 Å². The third-order valence-electron chi connectivity index (χ3n) is 6.22. The maximum atomic E-state index is 12.9. The molecule has 0 aliphatic heterocycles. The molecule has 160 valence electrons. The maximum absolute atomic E-state index is 12.9. The minimum absolute atomic E-state index is 0.0570. The Bertz CT molecular complexity index is 918. The van der Waals surface area contributed by atoms with Crippen LogP contribution in [0.4, 0.5) is 11.6 Å². The van der Waals surface area contributed by atoms with Gasteiger partial charge >= 0.3 is 0 Å². The van der Waals surface area contributed by atoms with E-state index in [4.69, 9.17) is 4.98 Å². The van der Waals surface area contributed by atoms with Gasteiger partial charge in [-0.05, 0) is 49.7 Å². The summed E-state index contributed by atoms with van der Waals surface area (Å²) in [5, 5.41) is 16.6. The highest BCUT2D eigenvalue weighted by Gasteiger charge is 2.37. The van der Waals surface area contributed by atoms with Crippen LogP contribution in [0.5, 0.6) is 0 Å². The van der Waals surface area contributed by atoms with Crippen LogP contribution in [0.2, 0.25) is 0 Å². The number of amides is 1. The van der Waals surface area contributed by atoms with Crippen LogP contribution in [-0.4, -0.2) is 55.4 Å². The van der Waals surface area contributed by atoms with E-state index in [9.17, 15) is 9.90 Å². The van der Waals surface area contributed by atoms with Crippen molar-refractivity contribution in [1.29, 1.82) is 0 Å². The first-order chi connectivity index (χ1) is 14.5. The van der Waals surface area contributed by atoms with Crippen LogP contribution in [-0.2, 0) is 11.8 Å². The van der Waals surface area contributed by atoms with Gasteiger partial charge in [0.15, 0.2) is 0 Å². The number of nitrogens with zero attached hydrogens (tertiary/aromatic N) is 5. The fourth-order valence-electron chi connectivity index (χ4n) is 4.34. The van der Waals surface area contributed by atoms with E-state index in [2.05, 4.69) is 21.5 Å². The zero-order chi connectivity index (χ0) is 21.1. The van der Waals surface area contributed by atoms with Crippen molar-refractivity contribution >= 4 is 23.1 Å². The summed E-state index contributed by atoms with van der Waals surface area (Å²) in [6.07, 6.45) is 13.3. The number of aromatic nitrogens is 4. The number of likely N-dealkylation sites (N-methyl/N-ethyl adjacent to an activating group) is 1. The molecule has 2 aromatic heterocycles. The molecule has 1 fully saturated rings. The molecule has 1 saturated carbocycles. The molecule has 2 aliphatic rings. The average Bonchev–Trinajstić information content (AvgIpc) is 2.97. The average molecular weight is 411 g/mol. The van der Waals surface area contributed by atoms with Crippen molar-refractivity contribution in [3.8, 4) is 0 Å². The first-order valence-corrected chi connectivity index (χ1v) is 10.7. The van der Waals surface area contributed by atoms with Gasteiger partial charge in [0.25, 0.3) is 0 Å². The number of hydrogen-bond donors (Lipinski definition) is 2. The normalized spacial score (nSPS) is 23.8. The van der Waals surface area contributed by atoms with E-state index in [1.54, 1.807) is 17.1 Å². The summed E-state index contributed by atoms with van der Waals surface area (Å²) in [6.45, 7) is 0.185. The minimum atomic E-state index is 0.0570. The Hall–Kier alpha value is -2.74. The molecule has 1 unspecified atom stereocenters. The first kappa shape index (κ1) is 20.5. The second-order valence-electron chi connectivity index (χ2n) is 8.46. The molecule has 2 aliphatic carbocycles. The van der Waals surface area contributed by atoms with E-state index in [0.29, 0.717) is 11.9 Å². The van der Waals surface area contributed by atoms with Crippen LogP contribution in [0.1, 0.15) is 44.2 Å². The summed E-state index contributed by atoms with van der Waals surface area (Å²) in [6, 6.07) is 2.01. The Labute approximate surface area is 177 Å². The molecule has 0 radical (unpaired) electrons. The number of aliphatic hydroxyl groups excluding tert-OH is 1. The van der Waals surface area contributed by atoms with E-state index in [0.717, 1.165) is 55.5 Å². The molecule has 8 nitrogen and oxygen atoms in total. The molecule has 8 heteroatoms. The third kappa shape index (κ3) is 4.53. The van der Waals surface area contributed by atoms with E-state index in [1.807, 2.05) is 31.3 Å². The number of nitrogens with one attached hydrogen (secondary N) is 1. The van der Waals surface area contributed by atoms with Crippen LogP contribution in [0.25, 0.3) is 5.57 Å². The molecule has 0 spiro atoms. The summed E-state index contributed by atoms with van der Waals surface area (Å²) < 4.78 is 1.72. The lowest BCUT2D eigenvalue weighted by Gasteiger charge is -2.37. The van der Waals surface area contributed by atoms with Crippen molar-refractivity contribution in [3.63, 3.8) is 0 Å². The van der Waals surface area contributed by atoms with E-state index in [1.165, 1.54) is 0 Å². The predicted octanol–water partition coefficient (Wildman–Crippen LogP) is 2.76. The number of hydrogen-bond acceptors (Lipinski definition) is 6. The fraction of sp³-hybridized carbons (Fsp3) is 0.545. The molecule has 0 bridgehead atoms. The number of aliphatic hydroxyl groups is 1. The van der Waals surface area contributed by atoms with Gasteiger partial charge in [-0.3, -0.25) is 9.48 Å². The van der Waals surface area contributed by atoms with E-state index < -0.39 is 0 Å². The van der Waals surface area contributed by atoms with Crippen LogP contribution in [0.3, 0.4) is 0 Å². The smallest absolute Gasteiger partial charge is 0.227 e. The van der Waals surface area contributed by atoms with Crippen molar-refractivity contribution < 1.29 is 9.90 Å². The second-order valence-corrected chi connectivity index (χ2v) is 8.46. The summed E-state index contributed by atoms with van der Waals surface area (Å²) in [4.78, 5) is 23.8. The van der Waals surface area contributed by atoms with Gasteiger partial charge in [-0.15, -0.1) is 0 Å². The van der Waals surface area contributed by atoms with Crippen molar-refractivity contribution in [2.45, 2.75) is 44.6 Å². The van der Waals surface area contributed by atoms with Crippen molar-refractivity contribution in [2.75, 3.05) is 19.0 Å². The van der Waals surface area contributed by atoms with Gasteiger partial charge in [0, 0.05) is 39.0 Å². The molecular formula is C22H30N6O2. The highest BCUT2D eigenvalue weighted by Crippen LogP contribution is 2.36. The number of allylic oxidation sites excluding steroid dienone is 1. The Morgan fingerprint density at radius 3 is 2.93 bits per heavy atom. The first-order valence-electron chi connectivity index (χ1n) is 10.7. The molecule has 2 aromatic rings. The summed E-state index contributed by atoms with van der Waals surface area (Å²) in [7, 11) is 3.78. The number of rotatable bonds is 6. The summed E-state index contributed by atoms with van der Waals surface area (Å²) >= 11 is 0. The van der Waals surface area contributed by atoms with Crippen molar-refractivity contribution in [3.05, 3.63) is 36.4 Å². The minimum Gasteiger partial charge on any atom is -0.396 e. The number of carbonyl (C=O) groups is 1. The van der Waals surface area contributed by atoms with Crippen LogP contribution < -0.4 is 5.32 Å². The van der Waals surface area contributed by atoms with Crippen LogP contribution in [0, 0.1) is 11.8 Å². The quantitative estimate of drug-likeness (QED) is 0.760. The van der Waals surface area contributed by atoms with Gasteiger partial charge in [-0.25, -0.2) is 9.97 Å². The molecule has 30 heavy (non-hydrogen) atoms. The van der Waals surface area contributed by atoms with Crippen molar-refractivity contribution in [2.24, 2.45) is 18.9 Å². The third-order valence-corrected chi connectivity index (χ3v) is 6.22. The van der Waals surface area contributed by atoms with Crippen LogP contribution in [0.15, 0.2) is 30.7 Å². The molecule has 1 amide bonds. The van der Waals surface area contributed by atoms with Gasteiger partial charge in [-0.1, -0.05) is 12.5 Å². The summed E-state index contributed by atoms with van der Waals surface area (Å²) in [5.74, 6) is 1.08. The molecule has 0 saturated heterocycles. The zero-order valence-corrected chi connectivity index (χ0v) is 17.7. The van der Waals surface area contributed by atoms with Gasteiger partial charge in [-0.2, -0.15) is 5.10 Å². The van der Waals surface area contributed by atoms with Crippen molar-refractivity contribution in [1.82, 2.24) is 24.6 Å². The SMILES string of the molecule is CN(C(=O)C1CC(CO)C1)C1C=C(c2ccnc(Nc3cnn(C)c3)n2)CCCC1. The molecule has 4 rings (SSSR count). The van der Waals surface area contributed by atoms with Gasteiger partial charge in [0.05, 0.1) is 23.6 Å². The Balaban J connectivity index is 1.49. The lowest BCUT2D eigenvalue weighted by atomic mass is 9.74. The topological polar surface area (TPSA) is 96.2 Å². The Morgan fingerprint density at radius 1 is 1.37 bits per heavy atom. The number of aryl methyl sites for hydroxylation is 1. The molecular weight excluding hydrogens is 380 g/mol. The molecule has 1 atom stereocenters. The Morgan fingerprint density at radius 2 is 2.20 bits per heavy atom. The largest absolute Gasteiger partial charge is 0.396 e. The van der Waals surface area contributed by atoms with E-state index in [-0.39, 0.29) is 24.5 Å². The van der Waals surface area contributed by atoms with Gasteiger partial charge in [0.1, 0.15) is 0 Å². The predicted molar refractivity (Wildman–Crippen MR) is 115 cm³/mol. The maximum Gasteiger partial charge on any atom is 0.227 e. The molecule has 2 N–H and O–H groups in total. The fourth-order valence-corrected chi connectivity index (χ4v) is 4.34. The van der Waals surface area contributed by atoms with E-state index >= 15 is 0 Å².